The highest BCUT2D eigenvalue weighted by Gasteiger charge is 2.20. The monoisotopic (exact) mass is 366 g/mol. The molecule has 0 saturated heterocycles. The molecule has 0 radical (unpaired) electrons. The molecule has 0 aliphatic carbocycles. The Kier molecular flexibility index (Phi) is 6.49. The number of carboxylic acid groups (broad SMARTS) is 1. The molecule has 142 valence electrons. The third-order valence-corrected chi connectivity index (χ3v) is 4.88. The number of nitrogens with zero attached hydrogens (tertiary/aromatic N) is 1. The van der Waals surface area contributed by atoms with Crippen molar-refractivity contribution in [2.45, 2.75) is 18.9 Å². The van der Waals surface area contributed by atoms with Crippen LogP contribution in [0, 0.1) is 0 Å². The minimum Gasteiger partial charge on any atom is -0.496 e. The van der Waals surface area contributed by atoms with Crippen LogP contribution in [0.2, 0.25) is 0 Å². The van der Waals surface area contributed by atoms with Crippen LogP contribution in [-0.4, -0.2) is 48.9 Å². The highest BCUT2D eigenvalue weighted by Crippen LogP contribution is 2.30. The second-order valence-corrected chi connectivity index (χ2v) is 6.78. The van der Waals surface area contributed by atoms with Gasteiger partial charge >= 0.3 is 6.09 Å². The maximum Gasteiger partial charge on any atom is 0.404 e. The van der Waals surface area contributed by atoms with Gasteiger partial charge in [0, 0.05) is 31.2 Å². The number of benzene rings is 2. The van der Waals surface area contributed by atoms with Crippen molar-refractivity contribution in [3.8, 4) is 5.75 Å². The topological polar surface area (TPSA) is 61.8 Å². The van der Waals surface area contributed by atoms with Crippen molar-refractivity contribution in [3.05, 3.63) is 71.8 Å². The molecule has 0 aromatic heterocycles. The lowest BCUT2D eigenvalue weighted by Crippen LogP contribution is -2.45. The Hall–Kier alpha value is -2.79. The molecule has 0 fully saturated rings. The zero-order valence-corrected chi connectivity index (χ0v) is 15.6. The molecular weight excluding hydrogens is 340 g/mol. The maximum absolute atomic E-state index is 11.2. The van der Waals surface area contributed by atoms with E-state index in [2.05, 4.69) is 22.4 Å². The van der Waals surface area contributed by atoms with Crippen LogP contribution in [0.3, 0.4) is 0 Å². The Bertz CT molecular complexity index is 789. The van der Waals surface area contributed by atoms with Gasteiger partial charge in [0.25, 0.3) is 0 Å². The summed E-state index contributed by atoms with van der Waals surface area (Å²) in [5, 5.41) is 11.9. The van der Waals surface area contributed by atoms with E-state index in [-0.39, 0.29) is 6.04 Å². The van der Waals surface area contributed by atoms with Crippen LogP contribution in [0.5, 0.6) is 5.75 Å². The van der Waals surface area contributed by atoms with Crippen molar-refractivity contribution in [3.63, 3.8) is 0 Å². The average molecular weight is 366 g/mol. The summed E-state index contributed by atoms with van der Waals surface area (Å²) in [5.74, 6) is 0.895. The fourth-order valence-electron chi connectivity index (χ4n) is 3.58. The molecule has 27 heavy (non-hydrogen) atoms. The summed E-state index contributed by atoms with van der Waals surface area (Å²) < 4.78 is 5.47. The molecule has 0 unspecified atom stereocenters. The van der Waals surface area contributed by atoms with Crippen LogP contribution in [0.15, 0.2) is 60.7 Å². The van der Waals surface area contributed by atoms with E-state index in [0.29, 0.717) is 13.0 Å². The molecule has 5 nitrogen and oxygen atoms in total. The van der Waals surface area contributed by atoms with Gasteiger partial charge in [-0.15, -0.1) is 0 Å². The van der Waals surface area contributed by atoms with E-state index >= 15 is 0 Å². The van der Waals surface area contributed by atoms with Crippen LogP contribution >= 0.6 is 0 Å². The van der Waals surface area contributed by atoms with E-state index in [1.165, 1.54) is 5.57 Å². The number of rotatable bonds is 7. The van der Waals surface area contributed by atoms with Crippen LogP contribution in [0.25, 0.3) is 5.57 Å². The fourth-order valence-corrected chi connectivity index (χ4v) is 3.58. The number of methoxy groups -OCH3 is 1. The lowest BCUT2D eigenvalue weighted by molar-refractivity contribution is 0.182. The summed E-state index contributed by atoms with van der Waals surface area (Å²) >= 11 is 0. The first-order valence-electron chi connectivity index (χ1n) is 9.24. The summed E-state index contributed by atoms with van der Waals surface area (Å²) in [6.07, 6.45) is 2.86. The molecular formula is C22H26N2O3. The number of hydrogen-bond acceptors (Lipinski definition) is 3. The Morgan fingerprint density at radius 1 is 1.19 bits per heavy atom. The third kappa shape index (κ3) is 5.34. The molecule has 1 aliphatic heterocycles. The lowest BCUT2D eigenvalue weighted by Gasteiger charge is -2.30. The standard InChI is InChI=1S/C22H26N2O3/c1-27-21-10-6-5-9-20(21)18-11-13-24(14-12-18)16-19(23-22(25)26)15-17-7-3-2-4-8-17/h2-11,19,23H,12-16H2,1H3,(H,25,26)/t19-/m1/s1. The molecule has 0 saturated carbocycles. The summed E-state index contributed by atoms with van der Waals surface area (Å²) in [5.41, 5.74) is 3.57. The zero-order chi connectivity index (χ0) is 19.1. The molecule has 0 spiro atoms. The highest BCUT2D eigenvalue weighted by atomic mass is 16.5. The third-order valence-electron chi connectivity index (χ3n) is 4.88. The second kappa shape index (κ2) is 9.24. The first-order valence-corrected chi connectivity index (χ1v) is 9.24. The van der Waals surface area contributed by atoms with E-state index in [0.717, 1.165) is 36.4 Å². The number of amides is 1. The van der Waals surface area contributed by atoms with Gasteiger partial charge in [-0.25, -0.2) is 4.79 Å². The van der Waals surface area contributed by atoms with Crippen LogP contribution in [0.4, 0.5) is 4.79 Å². The predicted octanol–water partition coefficient (Wildman–Crippen LogP) is 3.66. The molecule has 0 bridgehead atoms. The normalized spacial score (nSPS) is 15.7. The first-order chi connectivity index (χ1) is 13.2. The number of carbonyl (C=O) groups is 1. The van der Waals surface area contributed by atoms with Gasteiger partial charge in [-0.05, 0) is 30.0 Å². The van der Waals surface area contributed by atoms with Gasteiger partial charge in [0.1, 0.15) is 5.75 Å². The van der Waals surface area contributed by atoms with Gasteiger partial charge in [-0.3, -0.25) is 4.90 Å². The van der Waals surface area contributed by atoms with Crippen LogP contribution < -0.4 is 10.1 Å². The van der Waals surface area contributed by atoms with Crippen molar-refractivity contribution in [1.82, 2.24) is 10.2 Å². The molecule has 2 aromatic carbocycles. The summed E-state index contributed by atoms with van der Waals surface area (Å²) in [6.45, 7) is 2.40. The quantitative estimate of drug-likeness (QED) is 0.785. The van der Waals surface area contributed by atoms with E-state index in [4.69, 9.17) is 4.74 Å². The molecule has 1 heterocycles. The van der Waals surface area contributed by atoms with E-state index in [1.807, 2.05) is 48.5 Å². The number of hydrogen-bond donors (Lipinski definition) is 2. The summed E-state index contributed by atoms with van der Waals surface area (Å²) in [6, 6.07) is 17.9. The van der Waals surface area contributed by atoms with E-state index in [1.54, 1.807) is 7.11 Å². The van der Waals surface area contributed by atoms with Crippen molar-refractivity contribution in [2.75, 3.05) is 26.7 Å². The van der Waals surface area contributed by atoms with Gasteiger partial charge in [-0.1, -0.05) is 54.6 Å². The lowest BCUT2D eigenvalue weighted by atomic mass is 9.98. The molecule has 2 N–H and O–H groups in total. The number of para-hydroxylation sites is 1. The minimum absolute atomic E-state index is 0.133. The average Bonchev–Trinajstić information content (AvgIpc) is 2.69. The second-order valence-electron chi connectivity index (χ2n) is 6.78. The van der Waals surface area contributed by atoms with Gasteiger partial charge in [0.05, 0.1) is 7.11 Å². The molecule has 5 heteroatoms. The van der Waals surface area contributed by atoms with Gasteiger partial charge < -0.3 is 15.2 Å². The van der Waals surface area contributed by atoms with E-state index in [9.17, 15) is 9.90 Å². The molecule has 3 rings (SSSR count). The Morgan fingerprint density at radius 2 is 1.93 bits per heavy atom. The highest BCUT2D eigenvalue weighted by molar-refractivity contribution is 5.71. The minimum atomic E-state index is -0.974. The predicted molar refractivity (Wildman–Crippen MR) is 107 cm³/mol. The summed E-state index contributed by atoms with van der Waals surface area (Å²) in [4.78, 5) is 13.5. The smallest absolute Gasteiger partial charge is 0.404 e. The van der Waals surface area contributed by atoms with Crippen LogP contribution in [0.1, 0.15) is 17.5 Å². The van der Waals surface area contributed by atoms with Crippen LogP contribution in [-0.2, 0) is 6.42 Å². The fraction of sp³-hybridized carbons (Fsp3) is 0.318. The van der Waals surface area contributed by atoms with E-state index < -0.39 is 6.09 Å². The zero-order valence-electron chi connectivity index (χ0n) is 15.6. The number of nitrogens with one attached hydrogen (secondary N) is 1. The number of ether oxygens (including phenoxy) is 1. The maximum atomic E-state index is 11.2. The van der Waals surface area contributed by atoms with Gasteiger partial charge in [0.15, 0.2) is 0 Å². The van der Waals surface area contributed by atoms with Crippen molar-refractivity contribution < 1.29 is 14.6 Å². The van der Waals surface area contributed by atoms with Crippen molar-refractivity contribution in [2.24, 2.45) is 0 Å². The largest absolute Gasteiger partial charge is 0.496 e. The Morgan fingerprint density at radius 3 is 2.59 bits per heavy atom. The Labute approximate surface area is 160 Å². The Balaban J connectivity index is 1.64. The SMILES string of the molecule is COc1ccccc1C1=CCN(C[C@@H](Cc2ccccc2)NC(=O)O)CC1. The molecule has 1 aliphatic rings. The molecule has 2 aromatic rings. The summed E-state index contributed by atoms with van der Waals surface area (Å²) in [7, 11) is 1.69. The van der Waals surface area contributed by atoms with Gasteiger partial charge in [0.2, 0.25) is 0 Å². The van der Waals surface area contributed by atoms with Crippen molar-refractivity contribution >= 4 is 11.7 Å². The van der Waals surface area contributed by atoms with Crippen molar-refractivity contribution in [1.29, 1.82) is 0 Å². The van der Waals surface area contributed by atoms with Gasteiger partial charge in [-0.2, -0.15) is 0 Å². The first kappa shape index (κ1) is 19.0. The molecule has 1 atom stereocenters. The molecule has 1 amide bonds.